The molecule has 2 heterocycles. The fourth-order valence-corrected chi connectivity index (χ4v) is 2.83. The molecule has 0 saturated carbocycles. The maximum Gasteiger partial charge on any atom is 0.263 e. The van der Waals surface area contributed by atoms with Gasteiger partial charge in [0, 0.05) is 7.11 Å². The van der Waals surface area contributed by atoms with E-state index in [0.29, 0.717) is 17.3 Å². The molecule has 118 valence electrons. The predicted molar refractivity (Wildman–Crippen MR) is 85.4 cm³/mol. The van der Waals surface area contributed by atoms with E-state index in [0.717, 1.165) is 10.7 Å². The van der Waals surface area contributed by atoms with Gasteiger partial charge in [0.1, 0.15) is 16.2 Å². The van der Waals surface area contributed by atoms with Crippen LogP contribution in [0.25, 0.3) is 5.69 Å². The zero-order valence-electron chi connectivity index (χ0n) is 12.5. The number of thiazole rings is 1. The van der Waals surface area contributed by atoms with Gasteiger partial charge in [-0.1, -0.05) is 18.2 Å². The maximum atomic E-state index is 12.2. The molecule has 0 aliphatic carbocycles. The summed E-state index contributed by atoms with van der Waals surface area (Å²) in [5, 5.41) is 7.80. The number of nitrogens with zero attached hydrogens (tertiary/aromatic N) is 4. The number of rotatable bonds is 6. The molecule has 2 aromatic heterocycles. The lowest BCUT2D eigenvalue weighted by molar-refractivity contribution is 0.0953. The van der Waals surface area contributed by atoms with Crippen LogP contribution in [-0.2, 0) is 17.9 Å². The Kier molecular flexibility index (Phi) is 4.74. The van der Waals surface area contributed by atoms with Crippen molar-refractivity contribution in [1.29, 1.82) is 0 Å². The highest BCUT2D eigenvalue weighted by atomic mass is 32.1. The smallest absolute Gasteiger partial charge is 0.263 e. The van der Waals surface area contributed by atoms with Crippen LogP contribution in [0, 0.1) is 0 Å². The lowest BCUT2D eigenvalue weighted by atomic mass is 10.3. The number of hydrogen-bond donors (Lipinski definition) is 1. The van der Waals surface area contributed by atoms with E-state index in [1.54, 1.807) is 18.0 Å². The predicted octanol–water partition coefficient (Wildman–Crippen LogP) is 1.80. The number of nitrogens with one attached hydrogen (secondary N) is 1. The third kappa shape index (κ3) is 3.61. The Morgan fingerprint density at radius 1 is 1.30 bits per heavy atom. The Morgan fingerprint density at radius 3 is 2.91 bits per heavy atom. The molecule has 8 heteroatoms. The second-order valence-electron chi connectivity index (χ2n) is 4.66. The van der Waals surface area contributed by atoms with Gasteiger partial charge in [-0.2, -0.15) is 5.10 Å². The summed E-state index contributed by atoms with van der Waals surface area (Å²) in [6.45, 7) is 0.686. The highest BCUT2D eigenvalue weighted by molar-refractivity contribution is 7.13. The van der Waals surface area contributed by atoms with Crippen LogP contribution in [0.4, 0.5) is 0 Å². The fraction of sp³-hybridized carbons (Fsp3) is 0.200. The van der Waals surface area contributed by atoms with Crippen molar-refractivity contribution in [3.8, 4) is 5.69 Å². The van der Waals surface area contributed by atoms with Gasteiger partial charge in [0.15, 0.2) is 5.82 Å². The fourth-order valence-electron chi connectivity index (χ4n) is 2.02. The van der Waals surface area contributed by atoms with Gasteiger partial charge in [-0.25, -0.2) is 14.6 Å². The van der Waals surface area contributed by atoms with E-state index >= 15 is 0 Å². The van der Waals surface area contributed by atoms with Crippen LogP contribution in [0.3, 0.4) is 0 Å². The SMILES string of the molecule is COCc1ncc(C(=O)NCc2ncnn2-c2ccccc2)s1. The Hall–Kier alpha value is -2.58. The first-order chi connectivity index (χ1) is 11.3. The molecule has 0 unspecified atom stereocenters. The zero-order chi connectivity index (χ0) is 16.1. The van der Waals surface area contributed by atoms with Crippen LogP contribution in [0.1, 0.15) is 20.5 Å². The standard InChI is InChI=1S/C15H15N5O2S/c1-22-9-14-16-7-12(23-14)15(21)17-8-13-18-10-19-20(13)11-5-3-2-4-6-11/h2-7,10H,8-9H2,1H3,(H,17,21). The molecule has 1 aromatic carbocycles. The second-order valence-corrected chi connectivity index (χ2v) is 5.77. The number of hydrogen-bond acceptors (Lipinski definition) is 6. The molecule has 3 aromatic rings. The Labute approximate surface area is 137 Å². The van der Waals surface area contributed by atoms with Crippen molar-refractivity contribution in [3.05, 3.63) is 58.6 Å². The molecular weight excluding hydrogens is 314 g/mol. The van der Waals surface area contributed by atoms with Crippen molar-refractivity contribution in [2.45, 2.75) is 13.2 Å². The minimum absolute atomic E-state index is 0.188. The quantitative estimate of drug-likeness (QED) is 0.746. The summed E-state index contributed by atoms with van der Waals surface area (Å²) >= 11 is 1.31. The minimum atomic E-state index is -0.188. The summed E-state index contributed by atoms with van der Waals surface area (Å²) in [6, 6.07) is 9.64. The highest BCUT2D eigenvalue weighted by Crippen LogP contribution is 2.14. The molecule has 0 atom stereocenters. The molecule has 23 heavy (non-hydrogen) atoms. The third-order valence-electron chi connectivity index (χ3n) is 3.07. The lowest BCUT2D eigenvalue weighted by Gasteiger charge is -2.06. The molecule has 0 radical (unpaired) electrons. The van der Waals surface area contributed by atoms with E-state index in [4.69, 9.17) is 4.74 Å². The Bertz CT molecular complexity index is 784. The first-order valence-electron chi connectivity index (χ1n) is 6.94. The number of carbonyl (C=O) groups is 1. The molecule has 0 fully saturated rings. The van der Waals surface area contributed by atoms with E-state index in [9.17, 15) is 4.79 Å². The number of amides is 1. The van der Waals surface area contributed by atoms with E-state index in [1.165, 1.54) is 17.7 Å². The van der Waals surface area contributed by atoms with Crippen LogP contribution >= 0.6 is 11.3 Å². The van der Waals surface area contributed by atoms with Crippen molar-refractivity contribution < 1.29 is 9.53 Å². The van der Waals surface area contributed by atoms with Crippen molar-refractivity contribution in [3.63, 3.8) is 0 Å². The van der Waals surface area contributed by atoms with Crippen LogP contribution in [0.5, 0.6) is 0 Å². The molecule has 1 amide bonds. The molecule has 0 bridgehead atoms. The molecule has 0 aliphatic heterocycles. The number of methoxy groups -OCH3 is 1. The average Bonchev–Trinajstić information content (AvgIpc) is 3.23. The highest BCUT2D eigenvalue weighted by Gasteiger charge is 2.12. The normalized spacial score (nSPS) is 10.7. The summed E-state index contributed by atoms with van der Waals surface area (Å²) in [7, 11) is 1.59. The van der Waals surface area contributed by atoms with Gasteiger partial charge in [0.2, 0.25) is 0 Å². The van der Waals surface area contributed by atoms with E-state index in [1.807, 2.05) is 30.3 Å². The number of aromatic nitrogens is 4. The third-order valence-corrected chi connectivity index (χ3v) is 4.04. The molecule has 0 aliphatic rings. The molecule has 0 saturated heterocycles. The van der Waals surface area contributed by atoms with Crippen molar-refractivity contribution in [1.82, 2.24) is 25.1 Å². The molecular formula is C15H15N5O2S. The second kappa shape index (κ2) is 7.12. The summed E-state index contributed by atoms with van der Waals surface area (Å²) in [6.07, 6.45) is 3.02. The topological polar surface area (TPSA) is 81.9 Å². The summed E-state index contributed by atoms with van der Waals surface area (Å²) in [5.41, 5.74) is 0.898. The van der Waals surface area contributed by atoms with Crippen LogP contribution < -0.4 is 5.32 Å². The van der Waals surface area contributed by atoms with Crippen molar-refractivity contribution in [2.24, 2.45) is 0 Å². The number of benzene rings is 1. The van der Waals surface area contributed by atoms with Gasteiger partial charge in [-0.05, 0) is 12.1 Å². The van der Waals surface area contributed by atoms with E-state index in [-0.39, 0.29) is 12.5 Å². The lowest BCUT2D eigenvalue weighted by Crippen LogP contribution is -2.24. The summed E-state index contributed by atoms with van der Waals surface area (Å²) < 4.78 is 6.70. The van der Waals surface area contributed by atoms with Gasteiger partial charge < -0.3 is 10.1 Å². The average molecular weight is 329 g/mol. The van der Waals surface area contributed by atoms with E-state index < -0.39 is 0 Å². The first-order valence-corrected chi connectivity index (χ1v) is 7.75. The van der Waals surface area contributed by atoms with Gasteiger partial charge >= 0.3 is 0 Å². The molecule has 7 nitrogen and oxygen atoms in total. The van der Waals surface area contributed by atoms with Gasteiger partial charge in [-0.3, -0.25) is 4.79 Å². The van der Waals surface area contributed by atoms with Crippen LogP contribution in [0.15, 0.2) is 42.9 Å². The van der Waals surface area contributed by atoms with Crippen molar-refractivity contribution >= 4 is 17.2 Å². The maximum absolute atomic E-state index is 12.2. The largest absolute Gasteiger partial charge is 0.378 e. The van der Waals surface area contributed by atoms with Gasteiger partial charge in [-0.15, -0.1) is 11.3 Å². The summed E-state index contributed by atoms with van der Waals surface area (Å²) in [5.74, 6) is 0.471. The monoisotopic (exact) mass is 329 g/mol. The molecule has 3 rings (SSSR count). The van der Waals surface area contributed by atoms with Crippen molar-refractivity contribution in [2.75, 3.05) is 7.11 Å². The van der Waals surface area contributed by atoms with Gasteiger partial charge in [0.05, 0.1) is 25.0 Å². The van der Waals surface area contributed by atoms with Crippen LogP contribution in [-0.4, -0.2) is 32.8 Å². The Balaban J connectivity index is 1.67. The first kappa shape index (κ1) is 15.3. The van der Waals surface area contributed by atoms with E-state index in [2.05, 4.69) is 20.4 Å². The molecule has 0 spiro atoms. The number of para-hydroxylation sites is 1. The Morgan fingerprint density at radius 2 is 2.13 bits per heavy atom. The number of carbonyl (C=O) groups excluding carboxylic acids is 1. The number of ether oxygens (including phenoxy) is 1. The molecule has 1 N–H and O–H groups in total. The summed E-state index contributed by atoms with van der Waals surface area (Å²) in [4.78, 5) is 21.0. The zero-order valence-corrected chi connectivity index (χ0v) is 13.3. The van der Waals surface area contributed by atoms with Crippen LogP contribution in [0.2, 0.25) is 0 Å². The minimum Gasteiger partial charge on any atom is -0.378 e. The van der Waals surface area contributed by atoms with Gasteiger partial charge in [0.25, 0.3) is 5.91 Å².